The number of fused-ring (bicyclic) bond motifs is 3. The van der Waals surface area contributed by atoms with Gasteiger partial charge in [0.05, 0.1) is 11.3 Å². The van der Waals surface area contributed by atoms with Crippen molar-refractivity contribution in [2.24, 2.45) is 29.1 Å². The van der Waals surface area contributed by atoms with Gasteiger partial charge in [0.25, 0.3) is 0 Å². The highest BCUT2D eigenvalue weighted by Crippen LogP contribution is 2.77. The number of H-pyrrole nitrogens is 1. The van der Waals surface area contributed by atoms with Gasteiger partial charge in [0.2, 0.25) is 0 Å². The third-order valence-corrected chi connectivity index (χ3v) is 8.68. The Balaban J connectivity index is 1.45. The number of halogens is 1. The smallest absolute Gasteiger partial charge is 0.337 e. The normalized spacial score (nSPS) is 41.3. The van der Waals surface area contributed by atoms with Gasteiger partial charge in [0.15, 0.2) is 0 Å². The minimum Gasteiger partial charge on any atom is -0.452 e. The second-order valence-electron chi connectivity index (χ2n) is 9.20. The van der Waals surface area contributed by atoms with Crippen LogP contribution in [0.25, 0.3) is 5.70 Å². The lowest BCUT2D eigenvalue weighted by atomic mass is 9.48. The molecule has 5 aliphatic carbocycles. The lowest BCUT2D eigenvalue weighted by Gasteiger charge is -2.58. The van der Waals surface area contributed by atoms with Crippen LogP contribution in [0.1, 0.15) is 63.6 Å². The van der Waals surface area contributed by atoms with Crippen LogP contribution in [-0.4, -0.2) is 21.6 Å². The Bertz CT molecular complexity index is 815. The Kier molecular flexibility index (Phi) is 4.19. The summed E-state index contributed by atoms with van der Waals surface area (Å²) in [5, 5.41) is 3.86. The number of hydrogen-bond acceptors (Lipinski definition) is 3. The molecule has 0 aliphatic heterocycles. The van der Waals surface area contributed by atoms with E-state index in [0.717, 1.165) is 35.4 Å². The van der Waals surface area contributed by atoms with Crippen LogP contribution in [0.2, 0.25) is 0 Å². The topological polar surface area (TPSA) is 54.1 Å². The second-order valence-corrected chi connectivity index (χ2v) is 9.82. The van der Waals surface area contributed by atoms with E-state index in [0.29, 0.717) is 22.0 Å². The van der Waals surface area contributed by atoms with Crippen molar-refractivity contribution in [3.8, 4) is 0 Å². The number of carbonyl (C=O) groups is 1. The van der Waals surface area contributed by atoms with Crippen LogP contribution < -0.4 is 5.32 Å². The molecule has 2 N–H and O–H groups in total. The van der Waals surface area contributed by atoms with Gasteiger partial charge in [-0.3, -0.25) is 0 Å². The molecule has 4 nitrogen and oxygen atoms in total. The highest BCUT2D eigenvalue weighted by Gasteiger charge is 2.71. The lowest BCUT2D eigenvalue weighted by molar-refractivity contribution is -0.136. The number of rotatable bonds is 5. The molecule has 1 aromatic heterocycles. The highest BCUT2D eigenvalue weighted by molar-refractivity contribution is 14.1. The molecule has 1 aromatic rings. The fourth-order valence-corrected chi connectivity index (χ4v) is 7.21. The molecule has 1 spiro atoms. The zero-order valence-electron chi connectivity index (χ0n) is 16.3. The Labute approximate surface area is 175 Å². The highest BCUT2D eigenvalue weighted by atomic mass is 127. The molecule has 2 bridgehead atoms. The van der Waals surface area contributed by atoms with Crippen LogP contribution in [0, 0.1) is 29.1 Å². The molecule has 0 saturated heterocycles. The Morgan fingerprint density at radius 1 is 1.41 bits per heavy atom. The minimum absolute atomic E-state index is 0.108. The summed E-state index contributed by atoms with van der Waals surface area (Å²) in [5.74, 6) is 3.27. The maximum Gasteiger partial charge on any atom is 0.337 e. The van der Waals surface area contributed by atoms with E-state index in [2.05, 4.69) is 59.7 Å². The lowest BCUT2D eigenvalue weighted by Crippen LogP contribution is -2.57. The van der Waals surface area contributed by atoms with Crippen LogP contribution in [0.5, 0.6) is 0 Å². The molecule has 4 saturated carbocycles. The first-order chi connectivity index (χ1) is 13.0. The quantitative estimate of drug-likeness (QED) is 0.361. The van der Waals surface area contributed by atoms with Crippen LogP contribution in [0.4, 0.5) is 0 Å². The van der Waals surface area contributed by atoms with Crippen molar-refractivity contribution in [1.29, 1.82) is 0 Å². The SMILES string of the molecule is CCC1C(C(=O)OCI)=C(N[C@@H]2C[C@@H]3C[C@H]([C@H]2C)C32C[C@@H]2C)c2cc[nH]c21. The predicted octanol–water partition coefficient (Wildman–Crippen LogP) is 4.83. The number of nitrogens with one attached hydrogen (secondary N) is 2. The van der Waals surface area contributed by atoms with E-state index in [9.17, 15) is 4.79 Å². The van der Waals surface area contributed by atoms with E-state index >= 15 is 0 Å². The van der Waals surface area contributed by atoms with Crippen molar-refractivity contribution < 1.29 is 9.53 Å². The molecule has 5 heteroatoms. The molecule has 6 rings (SSSR count). The summed E-state index contributed by atoms with van der Waals surface area (Å²) >= 11 is 2.10. The van der Waals surface area contributed by atoms with Crippen molar-refractivity contribution in [3.05, 3.63) is 29.1 Å². The monoisotopic (exact) mass is 480 g/mol. The molecule has 0 radical (unpaired) electrons. The average Bonchev–Trinajstić information content (AvgIpc) is 3.01. The maximum atomic E-state index is 12.8. The van der Waals surface area contributed by atoms with Crippen molar-refractivity contribution in [1.82, 2.24) is 10.3 Å². The Morgan fingerprint density at radius 3 is 2.81 bits per heavy atom. The third kappa shape index (κ3) is 2.36. The first-order valence-electron chi connectivity index (χ1n) is 10.4. The fraction of sp³-hybridized carbons (Fsp3) is 0.682. The van der Waals surface area contributed by atoms with Crippen LogP contribution in [0.15, 0.2) is 17.8 Å². The van der Waals surface area contributed by atoms with Gasteiger partial charge < -0.3 is 15.0 Å². The molecule has 146 valence electrons. The molecule has 4 fully saturated rings. The third-order valence-electron chi connectivity index (χ3n) is 8.37. The summed E-state index contributed by atoms with van der Waals surface area (Å²) in [6.45, 7) is 7.01. The summed E-state index contributed by atoms with van der Waals surface area (Å²) in [5.41, 5.74) is 4.88. The van der Waals surface area contributed by atoms with Gasteiger partial charge in [0, 0.05) is 29.4 Å². The summed E-state index contributed by atoms with van der Waals surface area (Å²) in [7, 11) is 0. The Hall–Kier alpha value is -0.980. The molecule has 0 aromatic carbocycles. The summed E-state index contributed by atoms with van der Waals surface area (Å²) in [4.78, 5) is 16.2. The Morgan fingerprint density at radius 2 is 2.19 bits per heavy atom. The zero-order valence-corrected chi connectivity index (χ0v) is 18.5. The van der Waals surface area contributed by atoms with Crippen molar-refractivity contribution in [3.63, 3.8) is 0 Å². The van der Waals surface area contributed by atoms with Crippen molar-refractivity contribution >= 4 is 34.3 Å². The molecule has 0 amide bonds. The number of aromatic nitrogens is 1. The number of hydrogen-bond donors (Lipinski definition) is 2. The van der Waals surface area contributed by atoms with Gasteiger partial charge in [-0.2, -0.15) is 0 Å². The number of ether oxygens (including phenoxy) is 1. The molecule has 7 atom stereocenters. The fourth-order valence-electron chi connectivity index (χ4n) is 6.93. The van der Waals surface area contributed by atoms with Gasteiger partial charge in [-0.1, -0.05) is 20.8 Å². The van der Waals surface area contributed by atoms with E-state index in [4.69, 9.17) is 4.74 Å². The van der Waals surface area contributed by atoms with E-state index in [1.807, 2.05) is 6.20 Å². The van der Waals surface area contributed by atoms with Gasteiger partial charge >= 0.3 is 5.97 Å². The molecule has 27 heavy (non-hydrogen) atoms. The standard InChI is InChI=1S/C22H29IN2O2/c1-4-14-18(21(26)27-10-23)20(15-5-6-24-19(14)15)25-17-8-13-7-16(12(17)3)22(13)9-11(22)2/h5-6,11-14,16-17,24-25H,4,7-10H2,1-3H3/t11-,12+,13-,14?,16+,17+,22?/m0/s1. The van der Waals surface area contributed by atoms with Crippen LogP contribution in [0.3, 0.4) is 0 Å². The molecule has 2 unspecified atom stereocenters. The van der Waals surface area contributed by atoms with Gasteiger partial charge in [0.1, 0.15) is 4.61 Å². The number of aromatic amines is 1. The summed E-state index contributed by atoms with van der Waals surface area (Å²) in [6.07, 6.45) is 7.00. The average molecular weight is 480 g/mol. The van der Waals surface area contributed by atoms with Crippen LogP contribution in [-0.2, 0) is 9.53 Å². The van der Waals surface area contributed by atoms with Gasteiger partial charge in [-0.15, -0.1) is 0 Å². The number of esters is 1. The molecular formula is C22H29IN2O2. The zero-order chi connectivity index (χ0) is 18.9. The van der Waals surface area contributed by atoms with Crippen molar-refractivity contribution in [2.45, 2.75) is 58.4 Å². The van der Waals surface area contributed by atoms with Crippen molar-refractivity contribution in [2.75, 3.05) is 4.61 Å². The van der Waals surface area contributed by atoms with E-state index in [1.165, 1.54) is 30.5 Å². The predicted molar refractivity (Wildman–Crippen MR) is 114 cm³/mol. The first kappa shape index (κ1) is 18.1. The maximum absolute atomic E-state index is 12.8. The first-order valence-corrected chi connectivity index (χ1v) is 12.0. The van der Waals surface area contributed by atoms with Gasteiger partial charge in [-0.25, -0.2) is 4.79 Å². The largest absolute Gasteiger partial charge is 0.452 e. The van der Waals surface area contributed by atoms with Crippen LogP contribution >= 0.6 is 22.6 Å². The van der Waals surface area contributed by atoms with E-state index < -0.39 is 0 Å². The minimum atomic E-state index is -0.163. The molecular weight excluding hydrogens is 451 g/mol. The molecule has 5 aliphatic rings. The number of alkyl halides is 1. The summed E-state index contributed by atoms with van der Waals surface area (Å²) < 4.78 is 5.82. The van der Waals surface area contributed by atoms with E-state index in [1.54, 1.807) is 0 Å². The molecule has 1 heterocycles. The van der Waals surface area contributed by atoms with Gasteiger partial charge in [-0.05, 0) is 83.4 Å². The number of carbonyl (C=O) groups excluding carboxylic acids is 1. The van der Waals surface area contributed by atoms with E-state index in [-0.39, 0.29) is 11.9 Å². The second kappa shape index (κ2) is 6.26. The summed E-state index contributed by atoms with van der Waals surface area (Å²) in [6, 6.07) is 2.58.